The summed E-state index contributed by atoms with van der Waals surface area (Å²) >= 11 is 1.80. The van der Waals surface area contributed by atoms with E-state index in [1.54, 1.807) is 15.9 Å². The summed E-state index contributed by atoms with van der Waals surface area (Å²) in [4.78, 5) is 24.5. The van der Waals surface area contributed by atoms with E-state index in [2.05, 4.69) is 77.4 Å². The first-order chi connectivity index (χ1) is 22.3. The van der Waals surface area contributed by atoms with Crippen molar-refractivity contribution in [2.24, 2.45) is 0 Å². The molecule has 0 fully saturated rings. The maximum Gasteiger partial charge on any atom is 0.282 e. The highest BCUT2D eigenvalue weighted by molar-refractivity contribution is 7.27. The second-order valence-electron chi connectivity index (χ2n) is 11.3. The molecule has 4 heterocycles. The van der Waals surface area contributed by atoms with Crippen molar-refractivity contribution in [3.8, 4) is 11.6 Å². The highest BCUT2D eigenvalue weighted by Crippen LogP contribution is 2.47. The van der Waals surface area contributed by atoms with Crippen LogP contribution in [0.4, 0.5) is 0 Å². The summed E-state index contributed by atoms with van der Waals surface area (Å²) in [5.74, 6) is 0.481. The Hall–Kier alpha value is -5.85. The minimum Gasteiger partial charge on any atom is -0.276 e. The first-order valence-corrected chi connectivity index (χ1v) is 15.7. The van der Waals surface area contributed by atoms with Gasteiger partial charge in [0, 0.05) is 48.9 Å². The molecule has 0 N–H and O–H groups in total. The molecule has 210 valence electrons. The lowest BCUT2D eigenvalue weighted by molar-refractivity contribution is 0.994. The summed E-state index contributed by atoms with van der Waals surface area (Å²) in [6, 6.07) is 43.5. The van der Waals surface area contributed by atoms with Gasteiger partial charge in [-0.3, -0.25) is 13.9 Å². The molecule has 10 rings (SSSR count). The first-order valence-electron chi connectivity index (χ1n) is 14.9. The Morgan fingerprint density at radius 1 is 0.533 bits per heavy atom. The topological polar surface area (TPSA) is 52.7 Å². The SMILES string of the molecule is O=c1c2nc(-n3c4ccccc4c4c5ccccc5c5c6ccccc6sc5c43)ncc2c2ccccc2n1-c1ccccc1. The average Bonchev–Trinajstić information content (AvgIpc) is 3.66. The van der Waals surface area contributed by atoms with Crippen molar-refractivity contribution in [1.82, 2.24) is 19.1 Å². The van der Waals surface area contributed by atoms with Gasteiger partial charge in [0.25, 0.3) is 5.56 Å². The zero-order valence-electron chi connectivity index (χ0n) is 23.8. The number of benzene rings is 6. The molecule has 0 saturated heterocycles. The Balaban J connectivity index is 1.41. The van der Waals surface area contributed by atoms with E-state index in [1.165, 1.54) is 36.3 Å². The van der Waals surface area contributed by atoms with E-state index in [0.717, 1.165) is 38.4 Å². The molecule has 10 aromatic rings. The Kier molecular flexibility index (Phi) is 4.96. The molecule has 45 heavy (non-hydrogen) atoms. The fourth-order valence-electron chi connectivity index (χ4n) is 7.12. The molecule has 0 unspecified atom stereocenters. The predicted octanol–water partition coefficient (Wildman–Crippen LogP) is 9.55. The van der Waals surface area contributed by atoms with Gasteiger partial charge in [0.15, 0.2) is 0 Å². The predicted molar refractivity (Wildman–Crippen MR) is 187 cm³/mol. The van der Waals surface area contributed by atoms with Gasteiger partial charge < -0.3 is 0 Å². The monoisotopic (exact) mass is 594 g/mol. The van der Waals surface area contributed by atoms with Crippen LogP contribution in [0.15, 0.2) is 138 Å². The first kappa shape index (κ1) is 24.6. The molecule has 0 atom stereocenters. The quantitative estimate of drug-likeness (QED) is 0.187. The molecule has 4 aromatic heterocycles. The zero-order chi connectivity index (χ0) is 29.6. The van der Waals surface area contributed by atoms with Crippen molar-refractivity contribution in [3.05, 3.63) is 144 Å². The van der Waals surface area contributed by atoms with Gasteiger partial charge in [-0.2, -0.15) is 0 Å². The van der Waals surface area contributed by atoms with E-state index in [-0.39, 0.29) is 5.56 Å². The van der Waals surface area contributed by atoms with Crippen LogP contribution in [0.1, 0.15) is 0 Å². The normalized spacial score (nSPS) is 12.1. The number of para-hydroxylation sites is 3. The molecular formula is C39H22N4OS. The molecule has 0 radical (unpaired) electrons. The Labute approximate surface area is 259 Å². The van der Waals surface area contributed by atoms with Gasteiger partial charge in [0.05, 0.1) is 21.3 Å². The third kappa shape index (κ3) is 3.29. The van der Waals surface area contributed by atoms with Crippen LogP contribution in [0, 0.1) is 0 Å². The van der Waals surface area contributed by atoms with Gasteiger partial charge in [-0.25, -0.2) is 9.97 Å². The van der Waals surface area contributed by atoms with E-state index >= 15 is 0 Å². The minimum absolute atomic E-state index is 0.170. The molecular weight excluding hydrogens is 573 g/mol. The number of thiophene rings is 1. The molecule has 0 amide bonds. The summed E-state index contributed by atoms with van der Waals surface area (Å²) < 4.78 is 6.34. The maximum atomic E-state index is 14.4. The van der Waals surface area contributed by atoms with Gasteiger partial charge in [-0.05, 0) is 41.1 Å². The lowest BCUT2D eigenvalue weighted by atomic mass is 9.99. The van der Waals surface area contributed by atoms with Gasteiger partial charge in [-0.15, -0.1) is 11.3 Å². The van der Waals surface area contributed by atoms with E-state index in [4.69, 9.17) is 9.97 Å². The summed E-state index contributed by atoms with van der Waals surface area (Å²) in [7, 11) is 0. The van der Waals surface area contributed by atoms with Crippen molar-refractivity contribution in [3.63, 3.8) is 0 Å². The third-order valence-corrected chi connectivity index (χ3v) is 10.2. The van der Waals surface area contributed by atoms with Gasteiger partial charge in [0.1, 0.15) is 5.52 Å². The maximum absolute atomic E-state index is 14.4. The number of aromatic nitrogens is 4. The Bertz CT molecular complexity index is 2900. The number of hydrogen-bond acceptors (Lipinski definition) is 4. The number of nitrogens with zero attached hydrogens (tertiary/aromatic N) is 4. The largest absolute Gasteiger partial charge is 0.282 e. The van der Waals surface area contributed by atoms with Crippen LogP contribution in [0.25, 0.3) is 86.2 Å². The molecule has 6 heteroatoms. The van der Waals surface area contributed by atoms with Crippen LogP contribution in [-0.2, 0) is 0 Å². The van der Waals surface area contributed by atoms with E-state index in [1.807, 2.05) is 60.8 Å². The highest BCUT2D eigenvalue weighted by atomic mass is 32.1. The lowest BCUT2D eigenvalue weighted by Gasteiger charge is -2.14. The fourth-order valence-corrected chi connectivity index (χ4v) is 8.38. The van der Waals surface area contributed by atoms with E-state index < -0.39 is 0 Å². The van der Waals surface area contributed by atoms with Gasteiger partial charge in [0.2, 0.25) is 5.95 Å². The zero-order valence-corrected chi connectivity index (χ0v) is 24.6. The van der Waals surface area contributed by atoms with Crippen LogP contribution >= 0.6 is 11.3 Å². The van der Waals surface area contributed by atoms with Crippen LogP contribution in [-0.4, -0.2) is 19.1 Å². The van der Waals surface area contributed by atoms with Gasteiger partial charge in [-0.1, -0.05) is 97.1 Å². The van der Waals surface area contributed by atoms with E-state index in [0.29, 0.717) is 11.5 Å². The fraction of sp³-hybridized carbons (Fsp3) is 0. The van der Waals surface area contributed by atoms with Crippen molar-refractivity contribution < 1.29 is 0 Å². The smallest absolute Gasteiger partial charge is 0.276 e. The van der Waals surface area contributed by atoms with Crippen LogP contribution in [0.3, 0.4) is 0 Å². The molecule has 0 aliphatic heterocycles. The molecule has 0 bridgehead atoms. The number of hydrogen-bond donors (Lipinski definition) is 0. The summed E-state index contributed by atoms with van der Waals surface area (Å²) in [5, 5.41) is 8.88. The Morgan fingerprint density at radius 2 is 1.13 bits per heavy atom. The molecule has 0 spiro atoms. The number of rotatable bonds is 2. The molecule has 0 aliphatic rings. The van der Waals surface area contributed by atoms with Crippen LogP contribution < -0.4 is 5.56 Å². The van der Waals surface area contributed by atoms with Gasteiger partial charge >= 0.3 is 0 Å². The lowest BCUT2D eigenvalue weighted by Crippen LogP contribution is -2.21. The van der Waals surface area contributed by atoms with Crippen molar-refractivity contribution in [2.45, 2.75) is 0 Å². The van der Waals surface area contributed by atoms with Crippen LogP contribution in [0.2, 0.25) is 0 Å². The van der Waals surface area contributed by atoms with Crippen LogP contribution in [0.5, 0.6) is 0 Å². The average molecular weight is 595 g/mol. The number of fused-ring (bicyclic) bond motifs is 13. The summed E-state index contributed by atoms with van der Waals surface area (Å²) in [6.07, 6.45) is 1.82. The standard InChI is InChI=1S/C39H22N4OS/c44-38-35-29(24-14-6-9-19-30(24)42(38)23-12-2-1-3-13-23)22-40-39(41-35)43-31-20-10-7-17-27(31)33-25-15-4-5-16-26(25)34-28-18-8-11-21-32(28)45-37(34)36(33)43/h1-22H. The number of pyridine rings is 1. The van der Waals surface area contributed by atoms with E-state index in [9.17, 15) is 4.79 Å². The minimum atomic E-state index is -0.170. The molecule has 5 nitrogen and oxygen atoms in total. The summed E-state index contributed by atoms with van der Waals surface area (Å²) in [5.41, 5.74) is 3.92. The second-order valence-corrected chi connectivity index (χ2v) is 12.4. The van der Waals surface area contributed by atoms with Crippen molar-refractivity contribution >= 4 is 85.9 Å². The third-order valence-electron chi connectivity index (χ3n) is 8.98. The summed E-state index contributed by atoms with van der Waals surface area (Å²) in [6.45, 7) is 0. The molecule has 0 saturated carbocycles. The van der Waals surface area contributed by atoms with Crippen molar-refractivity contribution in [1.29, 1.82) is 0 Å². The molecule has 6 aromatic carbocycles. The highest BCUT2D eigenvalue weighted by Gasteiger charge is 2.23. The second kappa shape index (κ2) is 9.08. The van der Waals surface area contributed by atoms with Crippen molar-refractivity contribution in [2.75, 3.05) is 0 Å². The Morgan fingerprint density at radius 3 is 1.91 bits per heavy atom. The molecule has 0 aliphatic carbocycles.